The summed E-state index contributed by atoms with van der Waals surface area (Å²) >= 11 is 0. The normalized spacial score (nSPS) is 17.6. The zero-order valence-corrected chi connectivity index (χ0v) is 8.91. The lowest BCUT2D eigenvalue weighted by molar-refractivity contribution is -0.152. The van der Waals surface area contributed by atoms with Crippen LogP contribution < -0.4 is 0 Å². The number of esters is 1. The van der Waals surface area contributed by atoms with E-state index in [0.29, 0.717) is 13.0 Å². The van der Waals surface area contributed by atoms with Gasteiger partial charge in [0.2, 0.25) is 0 Å². The molecule has 80 valence electrons. The molecule has 0 spiro atoms. The van der Waals surface area contributed by atoms with E-state index in [1.165, 1.54) is 0 Å². The highest BCUT2D eigenvalue weighted by atomic mass is 16.5. The zero-order valence-electron chi connectivity index (χ0n) is 8.91. The first-order valence-corrected chi connectivity index (χ1v) is 5.41. The molecule has 1 aliphatic carbocycles. The van der Waals surface area contributed by atoms with Gasteiger partial charge in [0, 0.05) is 5.92 Å². The fourth-order valence-corrected chi connectivity index (χ4v) is 1.56. The third-order valence-corrected chi connectivity index (χ3v) is 2.47. The summed E-state index contributed by atoms with van der Waals surface area (Å²) in [4.78, 5) is 23.2. The van der Waals surface area contributed by atoms with Crippen LogP contribution in [0, 0.1) is 11.8 Å². The van der Waals surface area contributed by atoms with Gasteiger partial charge < -0.3 is 4.74 Å². The van der Waals surface area contributed by atoms with Crippen molar-refractivity contribution in [1.82, 2.24) is 0 Å². The summed E-state index contributed by atoms with van der Waals surface area (Å²) in [6.45, 7) is 4.10. The van der Waals surface area contributed by atoms with Crippen LogP contribution in [0.3, 0.4) is 0 Å². The van der Waals surface area contributed by atoms with Gasteiger partial charge in [-0.25, -0.2) is 0 Å². The number of carbonyl (C=O) groups is 2. The first-order valence-electron chi connectivity index (χ1n) is 5.41. The zero-order chi connectivity index (χ0) is 10.6. The minimum absolute atomic E-state index is 0.102. The van der Waals surface area contributed by atoms with Crippen LogP contribution in [0.2, 0.25) is 0 Å². The van der Waals surface area contributed by atoms with Gasteiger partial charge in [0.15, 0.2) is 0 Å². The Morgan fingerprint density at radius 1 is 1.36 bits per heavy atom. The van der Waals surface area contributed by atoms with Crippen LogP contribution >= 0.6 is 0 Å². The monoisotopic (exact) mass is 198 g/mol. The van der Waals surface area contributed by atoms with Crippen molar-refractivity contribution < 1.29 is 14.3 Å². The highest BCUT2D eigenvalue weighted by Crippen LogP contribution is 2.33. The number of hydrogen-bond acceptors (Lipinski definition) is 3. The molecule has 3 nitrogen and oxygen atoms in total. The van der Waals surface area contributed by atoms with Crippen LogP contribution in [-0.2, 0) is 14.3 Å². The molecular formula is C11H18O3. The number of hydrogen-bond donors (Lipinski definition) is 0. The fraction of sp³-hybridized carbons (Fsp3) is 0.818. The van der Waals surface area contributed by atoms with Crippen LogP contribution in [-0.4, -0.2) is 18.4 Å². The molecule has 0 saturated heterocycles. The molecule has 0 radical (unpaired) electrons. The number of ketones is 1. The smallest absolute Gasteiger partial charge is 0.316 e. The molecule has 1 atom stereocenters. The lowest BCUT2D eigenvalue weighted by Crippen LogP contribution is -2.27. The van der Waals surface area contributed by atoms with E-state index in [0.717, 1.165) is 19.3 Å². The van der Waals surface area contributed by atoms with Crippen molar-refractivity contribution in [2.45, 2.75) is 39.5 Å². The van der Waals surface area contributed by atoms with E-state index in [9.17, 15) is 9.59 Å². The molecule has 1 fully saturated rings. The second-order valence-corrected chi connectivity index (χ2v) is 3.77. The number of rotatable bonds is 6. The van der Waals surface area contributed by atoms with Crippen molar-refractivity contribution in [3.05, 3.63) is 0 Å². The molecule has 3 heteroatoms. The molecule has 0 amide bonds. The molecule has 0 N–H and O–H groups in total. The van der Waals surface area contributed by atoms with E-state index >= 15 is 0 Å². The van der Waals surface area contributed by atoms with Crippen LogP contribution in [0.25, 0.3) is 0 Å². The SMILES string of the molecule is CCCC(C(=O)OCC)C(=O)C1CC1. The van der Waals surface area contributed by atoms with Crippen LogP contribution in [0.15, 0.2) is 0 Å². The van der Waals surface area contributed by atoms with Crippen molar-refractivity contribution in [3.63, 3.8) is 0 Å². The summed E-state index contributed by atoms with van der Waals surface area (Å²) in [5.74, 6) is -0.569. The van der Waals surface area contributed by atoms with Crippen molar-refractivity contribution in [2.24, 2.45) is 11.8 Å². The summed E-state index contributed by atoms with van der Waals surface area (Å²) < 4.78 is 4.90. The maximum absolute atomic E-state index is 11.7. The van der Waals surface area contributed by atoms with Crippen molar-refractivity contribution in [2.75, 3.05) is 6.61 Å². The van der Waals surface area contributed by atoms with Crippen LogP contribution in [0.1, 0.15) is 39.5 Å². The fourth-order valence-electron chi connectivity index (χ4n) is 1.56. The van der Waals surface area contributed by atoms with E-state index in [4.69, 9.17) is 4.74 Å². The van der Waals surface area contributed by atoms with Gasteiger partial charge in [-0.05, 0) is 26.2 Å². The molecule has 0 aromatic carbocycles. The molecule has 1 rings (SSSR count). The Bertz CT molecular complexity index is 219. The van der Waals surface area contributed by atoms with Gasteiger partial charge in [-0.2, -0.15) is 0 Å². The van der Waals surface area contributed by atoms with E-state index in [2.05, 4.69) is 0 Å². The van der Waals surface area contributed by atoms with Crippen LogP contribution in [0.4, 0.5) is 0 Å². The van der Waals surface area contributed by atoms with Gasteiger partial charge in [0.05, 0.1) is 6.61 Å². The molecule has 0 aromatic rings. The Labute approximate surface area is 84.8 Å². The Balaban J connectivity index is 2.52. The highest BCUT2D eigenvalue weighted by Gasteiger charge is 2.38. The second kappa shape index (κ2) is 5.13. The summed E-state index contributed by atoms with van der Waals surface area (Å²) in [6, 6.07) is 0. The average Bonchev–Trinajstić information content (AvgIpc) is 2.96. The molecular weight excluding hydrogens is 180 g/mol. The van der Waals surface area contributed by atoms with Crippen LogP contribution in [0.5, 0.6) is 0 Å². The largest absolute Gasteiger partial charge is 0.465 e. The minimum Gasteiger partial charge on any atom is -0.465 e. The maximum atomic E-state index is 11.7. The highest BCUT2D eigenvalue weighted by molar-refractivity contribution is 6.01. The molecule has 0 bridgehead atoms. The Morgan fingerprint density at radius 2 is 2.00 bits per heavy atom. The van der Waals surface area contributed by atoms with Gasteiger partial charge in [0.25, 0.3) is 0 Å². The number of Topliss-reactive ketones (excluding diaryl/α,β-unsaturated/α-hetero) is 1. The quantitative estimate of drug-likeness (QED) is 0.484. The average molecular weight is 198 g/mol. The van der Waals surface area contributed by atoms with Gasteiger partial charge in [-0.3, -0.25) is 9.59 Å². The molecule has 1 unspecified atom stereocenters. The molecule has 1 aliphatic rings. The Kier molecular flexibility index (Phi) is 4.11. The molecule has 0 aromatic heterocycles. The van der Waals surface area contributed by atoms with Crippen molar-refractivity contribution >= 4 is 11.8 Å². The third-order valence-electron chi connectivity index (χ3n) is 2.47. The maximum Gasteiger partial charge on any atom is 0.316 e. The van der Waals surface area contributed by atoms with Crippen molar-refractivity contribution in [1.29, 1.82) is 0 Å². The summed E-state index contributed by atoms with van der Waals surface area (Å²) in [5.41, 5.74) is 0. The van der Waals surface area contributed by atoms with Gasteiger partial charge >= 0.3 is 5.97 Å². The predicted octanol–water partition coefficient (Wildman–Crippen LogP) is 1.94. The second-order valence-electron chi connectivity index (χ2n) is 3.77. The Morgan fingerprint density at radius 3 is 2.43 bits per heavy atom. The summed E-state index contributed by atoms with van der Waals surface area (Å²) in [7, 11) is 0. The standard InChI is InChI=1S/C11H18O3/c1-3-5-9(11(13)14-4-2)10(12)8-6-7-8/h8-9H,3-7H2,1-2H3. The number of carbonyl (C=O) groups excluding carboxylic acids is 2. The summed E-state index contributed by atoms with van der Waals surface area (Å²) in [6.07, 6.45) is 3.40. The first-order chi connectivity index (χ1) is 6.70. The predicted molar refractivity (Wildman–Crippen MR) is 52.8 cm³/mol. The van der Waals surface area contributed by atoms with Gasteiger partial charge in [-0.15, -0.1) is 0 Å². The lowest BCUT2D eigenvalue weighted by Gasteiger charge is -2.12. The molecule has 1 saturated carbocycles. The van der Waals surface area contributed by atoms with E-state index < -0.39 is 5.92 Å². The summed E-state index contributed by atoms with van der Waals surface area (Å²) in [5, 5.41) is 0. The van der Waals surface area contributed by atoms with Gasteiger partial charge in [0.1, 0.15) is 11.7 Å². The molecule has 0 heterocycles. The minimum atomic E-state index is -0.493. The lowest BCUT2D eigenvalue weighted by atomic mass is 9.96. The van der Waals surface area contributed by atoms with Crippen molar-refractivity contribution in [3.8, 4) is 0 Å². The third kappa shape index (κ3) is 2.82. The first kappa shape index (κ1) is 11.2. The number of ether oxygens (including phenoxy) is 1. The van der Waals surface area contributed by atoms with E-state index in [1.807, 2.05) is 6.92 Å². The van der Waals surface area contributed by atoms with Gasteiger partial charge in [-0.1, -0.05) is 13.3 Å². The topological polar surface area (TPSA) is 43.4 Å². The van der Waals surface area contributed by atoms with E-state index in [1.54, 1.807) is 6.92 Å². The van der Waals surface area contributed by atoms with E-state index in [-0.39, 0.29) is 17.7 Å². The molecule has 14 heavy (non-hydrogen) atoms. The Hall–Kier alpha value is -0.860. The molecule has 0 aliphatic heterocycles.